The average molecular weight is 282 g/mol. The van der Waals surface area contributed by atoms with Gasteiger partial charge in [-0.3, -0.25) is 4.79 Å². The van der Waals surface area contributed by atoms with E-state index in [9.17, 15) is 9.90 Å². The van der Waals surface area contributed by atoms with Gasteiger partial charge in [0.2, 0.25) is 0 Å². The van der Waals surface area contributed by atoms with Gasteiger partial charge in [-0.15, -0.1) is 0 Å². The fourth-order valence-electron chi connectivity index (χ4n) is 3.60. The maximum absolute atomic E-state index is 12.1. The van der Waals surface area contributed by atoms with Crippen molar-refractivity contribution >= 4 is 22.8 Å². The number of carbonyl (C=O) groups is 1. The number of hydrogen-bond donors (Lipinski definition) is 2. The van der Waals surface area contributed by atoms with Crippen molar-refractivity contribution in [3.63, 3.8) is 0 Å². The van der Waals surface area contributed by atoms with Gasteiger partial charge in [-0.25, -0.2) is 0 Å². The Kier molecular flexibility index (Phi) is 3.38. The first-order chi connectivity index (χ1) is 9.03. The Morgan fingerprint density at radius 3 is 2.89 bits per heavy atom. The molecule has 0 spiro atoms. The molecule has 0 aromatic rings. The van der Waals surface area contributed by atoms with E-state index in [1.54, 1.807) is 0 Å². The number of aliphatic imine (C=N–C) groups is 1. The number of fused-ring (bicyclic) bond motifs is 2. The molecular weight excluding hydrogens is 260 g/mol. The minimum absolute atomic E-state index is 0.0200. The first-order valence-corrected chi connectivity index (χ1v) is 8.04. The first-order valence-electron chi connectivity index (χ1n) is 7.22. The van der Waals surface area contributed by atoms with Gasteiger partial charge in [-0.2, -0.15) is 4.99 Å². The second-order valence-corrected chi connectivity index (χ2v) is 7.88. The molecule has 2 aliphatic carbocycles. The summed E-state index contributed by atoms with van der Waals surface area (Å²) in [5.41, 5.74) is 0. The molecule has 2 bridgehead atoms. The lowest BCUT2D eigenvalue weighted by Gasteiger charge is -2.27. The van der Waals surface area contributed by atoms with Gasteiger partial charge in [0.05, 0.1) is 0 Å². The molecule has 0 aromatic heterocycles. The average Bonchev–Trinajstić information content (AvgIpc) is 3.05. The van der Waals surface area contributed by atoms with Gasteiger partial charge < -0.3 is 10.4 Å². The fourth-order valence-corrected chi connectivity index (χ4v) is 4.75. The summed E-state index contributed by atoms with van der Waals surface area (Å²) in [6, 6.07) is 0.504. The Balaban J connectivity index is 1.65. The van der Waals surface area contributed by atoms with Crippen LogP contribution in [0.4, 0.5) is 0 Å². The molecule has 5 heteroatoms. The van der Waals surface area contributed by atoms with Crippen molar-refractivity contribution in [2.75, 3.05) is 6.61 Å². The summed E-state index contributed by atoms with van der Waals surface area (Å²) in [4.78, 5) is 16.3. The van der Waals surface area contributed by atoms with E-state index in [0.717, 1.165) is 17.0 Å². The van der Waals surface area contributed by atoms with E-state index in [4.69, 9.17) is 0 Å². The molecule has 0 radical (unpaired) electrons. The van der Waals surface area contributed by atoms with E-state index in [1.165, 1.54) is 37.4 Å². The molecule has 2 fully saturated rings. The van der Waals surface area contributed by atoms with Crippen LogP contribution in [0.5, 0.6) is 0 Å². The standard InChI is InChI=1S/C14H22N2O2S/c1-8(7-17)14(2)12(18)16-13(19-14)15-11-6-9-3-4-10(11)5-9/h8-11,17H,3-7H2,1-2H3,(H,15,16,18)/t8-,9+,10-,11-,14-/m0/s1. The smallest absolute Gasteiger partial charge is 0.264 e. The van der Waals surface area contributed by atoms with E-state index in [2.05, 4.69) is 10.3 Å². The van der Waals surface area contributed by atoms with Crippen LogP contribution >= 0.6 is 11.8 Å². The van der Waals surface area contributed by atoms with E-state index >= 15 is 0 Å². The third-order valence-corrected chi connectivity index (χ3v) is 6.60. The number of thioether (sulfide) groups is 1. The third-order valence-electron chi connectivity index (χ3n) is 5.20. The molecule has 1 amide bonds. The zero-order valence-electron chi connectivity index (χ0n) is 11.6. The van der Waals surface area contributed by atoms with E-state index < -0.39 is 4.75 Å². The predicted molar refractivity (Wildman–Crippen MR) is 77.1 cm³/mol. The summed E-state index contributed by atoms with van der Waals surface area (Å²) in [6.45, 7) is 3.81. The normalized spacial score (nSPS) is 42.6. The second kappa shape index (κ2) is 4.77. The number of nitrogens with zero attached hydrogens (tertiary/aromatic N) is 1. The molecule has 3 rings (SSSR count). The molecule has 3 aliphatic rings. The van der Waals surface area contributed by atoms with Gasteiger partial charge >= 0.3 is 0 Å². The lowest BCUT2D eigenvalue weighted by molar-refractivity contribution is -0.120. The number of amidine groups is 1. The van der Waals surface area contributed by atoms with Gasteiger partial charge in [0.1, 0.15) is 4.75 Å². The summed E-state index contributed by atoms with van der Waals surface area (Å²) < 4.78 is -0.602. The number of amides is 1. The molecule has 1 aliphatic heterocycles. The summed E-state index contributed by atoms with van der Waals surface area (Å²) >= 11 is 1.50. The molecule has 0 aromatic carbocycles. The Morgan fingerprint density at radius 2 is 2.32 bits per heavy atom. The van der Waals surface area contributed by atoms with Crippen LogP contribution in [-0.4, -0.2) is 33.6 Å². The van der Waals surface area contributed by atoms with Crippen molar-refractivity contribution in [3.05, 3.63) is 0 Å². The number of aliphatic hydroxyl groups excluding tert-OH is 1. The number of nitrogens with one attached hydrogen (secondary N) is 1. The van der Waals surface area contributed by atoms with Crippen LogP contribution in [-0.2, 0) is 4.79 Å². The predicted octanol–water partition coefficient (Wildman–Crippen LogP) is 1.78. The zero-order valence-corrected chi connectivity index (χ0v) is 12.4. The second-order valence-electron chi connectivity index (χ2n) is 6.44. The monoisotopic (exact) mass is 282 g/mol. The van der Waals surface area contributed by atoms with Crippen LogP contribution in [0.15, 0.2) is 4.99 Å². The molecule has 1 heterocycles. The highest BCUT2D eigenvalue weighted by Gasteiger charge is 2.47. The molecular formula is C14H22N2O2S. The summed E-state index contributed by atoms with van der Waals surface area (Å²) in [7, 11) is 0. The number of aliphatic hydroxyl groups is 1. The summed E-state index contributed by atoms with van der Waals surface area (Å²) in [5.74, 6) is 1.47. The van der Waals surface area contributed by atoms with Crippen LogP contribution in [0.1, 0.15) is 39.5 Å². The van der Waals surface area contributed by atoms with Crippen LogP contribution in [0, 0.1) is 17.8 Å². The quantitative estimate of drug-likeness (QED) is 0.828. The van der Waals surface area contributed by atoms with Crippen LogP contribution in [0.25, 0.3) is 0 Å². The molecule has 2 saturated carbocycles. The van der Waals surface area contributed by atoms with Crippen LogP contribution in [0.3, 0.4) is 0 Å². The SMILES string of the molecule is C[C@@H](CO)[C@]1(C)SC(N[C@H]2C[C@@H]3CC[C@H]2C3)=NC1=O. The maximum atomic E-state index is 12.1. The minimum atomic E-state index is -0.602. The van der Waals surface area contributed by atoms with Gasteiger partial charge in [0.25, 0.3) is 5.91 Å². The highest BCUT2D eigenvalue weighted by Crippen LogP contribution is 2.46. The summed E-state index contributed by atoms with van der Waals surface area (Å²) in [6.07, 6.45) is 5.26. The van der Waals surface area contributed by atoms with E-state index in [-0.39, 0.29) is 18.4 Å². The number of carbonyl (C=O) groups excluding carboxylic acids is 1. The molecule has 106 valence electrons. The largest absolute Gasteiger partial charge is 0.396 e. The Labute approximate surface area is 118 Å². The molecule has 0 saturated heterocycles. The topological polar surface area (TPSA) is 61.7 Å². The molecule has 5 atom stereocenters. The molecule has 4 nitrogen and oxygen atoms in total. The molecule has 19 heavy (non-hydrogen) atoms. The third kappa shape index (κ3) is 2.21. The minimum Gasteiger partial charge on any atom is -0.396 e. The Morgan fingerprint density at radius 1 is 1.53 bits per heavy atom. The van der Waals surface area contributed by atoms with E-state index in [1.807, 2.05) is 13.8 Å². The van der Waals surface area contributed by atoms with Gasteiger partial charge in [-0.1, -0.05) is 25.1 Å². The lowest BCUT2D eigenvalue weighted by atomic mass is 9.95. The number of rotatable bonds is 3. The van der Waals surface area contributed by atoms with Crippen molar-refractivity contribution in [2.24, 2.45) is 22.7 Å². The van der Waals surface area contributed by atoms with Crippen molar-refractivity contribution in [1.82, 2.24) is 5.32 Å². The number of hydrogen-bond acceptors (Lipinski definition) is 4. The maximum Gasteiger partial charge on any atom is 0.264 e. The van der Waals surface area contributed by atoms with Crippen molar-refractivity contribution in [2.45, 2.75) is 50.3 Å². The van der Waals surface area contributed by atoms with Gasteiger partial charge in [0.15, 0.2) is 5.17 Å². The van der Waals surface area contributed by atoms with Crippen molar-refractivity contribution < 1.29 is 9.90 Å². The van der Waals surface area contributed by atoms with Crippen molar-refractivity contribution in [3.8, 4) is 0 Å². The zero-order chi connectivity index (χ0) is 13.6. The Hall–Kier alpha value is -0.550. The molecule has 0 unspecified atom stereocenters. The van der Waals surface area contributed by atoms with Gasteiger partial charge in [0, 0.05) is 18.6 Å². The van der Waals surface area contributed by atoms with E-state index in [0.29, 0.717) is 6.04 Å². The van der Waals surface area contributed by atoms with Crippen LogP contribution in [0.2, 0.25) is 0 Å². The lowest BCUT2D eigenvalue weighted by Crippen LogP contribution is -2.39. The first kappa shape index (κ1) is 13.4. The summed E-state index contributed by atoms with van der Waals surface area (Å²) in [5, 5.41) is 13.6. The van der Waals surface area contributed by atoms with Crippen molar-refractivity contribution in [1.29, 1.82) is 0 Å². The molecule has 2 N–H and O–H groups in total. The highest BCUT2D eigenvalue weighted by molar-refractivity contribution is 8.16. The Bertz CT molecular complexity index is 426. The fraction of sp³-hybridized carbons (Fsp3) is 0.857. The van der Waals surface area contributed by atoms with Crippen LogP contribution < -0.4 is 5.32 Å². The van der Waals surface area contributed by atoms with Gasteiger partial charge in [-0.05, 0) is 38.0 Å². The highest BCUT2D eigenvalue weighted by atomic mass is 32.2.